The molecule has 126 valence electrons. The molecule has 2 aromatic rings. The fourth-order valence-corrected chi connectivity index (χ4v) is 2.73. The molecule has 1 heterocycles. The van der Waals surface area contributed by atoms with Gasteiger partial charge in [0.05, 0.1) is 24.9 Å². The van der Waals surface area contributed by atoms with E-state index in [9.17, 15) is 9.90 Å². The first kappa shape index (κ1) is 16.3. The number of rotatable bonds is 5. The molecule has 0 radical (unpaired) electrons. The molecule has 6 heteroatoms. The molecule has 3 rings (SSSR count). The van der Waals surface area contributed by atoms with Crippen molar-refractivity contribution < 1.29 is 19.7 Å². The lowest BCUT2D eigenvalue weighted by molar-refractivity contribution is -0.126. The zero-order valence-electron chi connectivity index (χ0n) is 13.1. The van der Waals surface area contributed by atoms with Crippen LogP contribution in [0.5, 0.6) is 5.75 Å². The average Bonchev–Trinajstić information content (AvgIpc) is 2.60. The third-order valence-corrected chi connectivity index (χ3v) is 3.97. The summed E-state index contributed by atoms with van der Waals surface area (Å²) in [5.74, 6) is 0.348. The molecule has 2 aromatic carbocycles. The van der Waals surface area contributed by atoms with Crippen molar-refractivity contribution in [2.24, 2.45) is 0 Å². The van der Waals surface area contributed by atoms with E-state index < -0.39 is 18.8 Å². The Bertz CT molecular complexity index is 717. The number of nitrogens with two attached hydrogens (primary N) is 1. The standard InChI is InChI=1S/C18H20N2O4/c19-13-7-5-12(6-8-13)9-17-18(23)20(10-14(22)11-21)15-3-1-2-4-16(15)24-17/h1-8,14,17,21-22H,9-11,19H2. The molecular formula is C18H20N2O4. The van der Waals surface area contributed by atoms with Crippen molar-refractivity contribution in [1.29, 1.82) is 0 Å². The van der Waals surface area contributed by atoms with Gasteiger partial charge in [-0.3, -0.25) is 4.79 Å². The molecule has 2 atom stereocenters. The number of nitrogen functional groups attached to an aromatic ring is 1. The Hall–Kier alpha value is -2.57. The van der Waals surface area contributed by atoms with Crippen molar-refractivity contribution in [3.8, 4) is 5.75 Å². The quantitative estimate of drug-likeness (QED) is 0.711. The Morgan fingerprint density at radius 3 is 2.58 bits per heavy atom. The molecule has 0 fully saturated rings. The van der Waals surface area contributed by atoms with E-state index in [1.165, 1.54) is 4.90 Å². The van der Waals surface area contributed by atoms with E-state index in [0.29, 0.717) is 23.5 Å². The molecule has 2 unspecified atom stereocenters. The summed E-state index contributed by atoms with van der Waals surface area (Å²) >= 11 is 0. The second kappa shape index (κ2) is 6.90. The van der Waals surface area contributed by atoms with Crippen LogP contribution < -0.4 is 15.4 Å². The van der Waals surface area contributed by atoms with Gasteiger partial charge in [-0.1, -0.05) is 24.3 Å². The number of para-hydroxylation sites is 2. The van der Waals surface area contributed by atoms with Crippen LogP contribution in [0.3, 0.4) is 0 Å². The number of nitrogens with zero attached hydrogens (tertiary/aromatic N) is 1. The monoisotopic (exact) mass is 328 g/mol. The minimum absolute atomic E-state index is 0.0218. The van der Waals surface area contributed by atoms with Gasteiger partial charge < -0.3 is 25.6 Å². The van der Waals surface area contributed by atoms with E-state index in [-0.39, 0.29) is 12.5 Å². The SMILES string of the molecule is Nc1ccc(CC2Oc3ccccc3N(CC(O)CO)C2=O)cc1. The molecule has 0 saturated heterocycles. The van der Waals surface area contributed by atoms with Crippen LogP contribution in [0, 0.1) is 0 Å². The number of carbonyl (C=O) groups is 1. The summed E-state index contributed by atoms with van der Waals surface area (Å²) in [6, 6.07) is 14.5. The molecule has 4 N–H and O–H groups in total. The van der Waals surface area contributed by atoms with E-state index in [0.717, 1.165) is 5.56 Å². The van der Waals surface area contributed by atoms with Crippen LogP contribution in [0.1, 0.15) is 5.56 Å². The Balaban J connectivity index is 1.86. The van der Waals surface area contributed by atoms with Gasteiger partial charge in [-0.2, -0.15) is 0 Å². The highest BCUT2D eigenvalue weighted by Crippen LogP contribution is 2.34. The molecule has 24 heavy (non-hydrogen) atoms. The minimum Gasteiger partial charge on any atom is -0.478 e. The highest BCUT2D eigenvalue weighted by atomic mass is 16.5. The van der Waals surface area contributed by atoms with Crippen LogP contribution >= 0.6 is 0 Å². The minimum atomic E-state index is -1.00. The number of amides is 1. The second-order valence-electron chi connectivity index (χ2n) is 5.81. The number of carbonyl (C=O) groups excluding carboxylic acids is 1. The van der Waals surface area contributed by atoms with Gasteiger partial charge in [-0.05, 0) is 29.8 Å². The zero-order valence-corrected chi connectivity index (χ0v) is 13.1. The highest BCUT2D eigenvalue weighted by Gasteiger charge is 2.35. The van der Waals surface area contributed by atoms with Gasteiger partial charge in [0.2, 0.25) is 0 Å². The van der Waals surface area contributed by atoms with Crippen LogP contribution in [-0.4, -0.2) is 41.5 Å². The lowest BCUT2D eigenvalue weighted by Gasteiger charge is -2.35. The van der Waals surface area contributed by atoms with Crippen molar-refractivity contribution in [3.05, 3.63) is 54.1 Å². The Kier molecular flexibility index (Phi) is 4.69. The van der Waals surface area contributed by atoms with Crippen molar-refractivity contribution in [3.63, 3.8) is 0 Å². The maximum Gasteiger partial charge on any atom is 0.268 e. The predicted octanol–water partition coefficient (Wildman–Crippen LogP) is 0.959. The topological polar surface area (TPSA) is 96.0 Å². The molecule has 1 amide bonds. The lowest BCUT2D eigenvalue weighted by Crippen LogP contribution is -2.50. The first-order valence-corrected chi connectivity index (χ1v) is 7.79. The second-order valence-corrected chi connectivity index (χ2v) is 5.81. The number of hydrogen-bond donors (Lipinski definition) is 3. The van der Waals surface area contributed by atoms with Crippen LogP contribution in [0.15, 0.2) is 48.5 Å². The van der Waals surface area contributed by atoms with E-state index in [1.807, 2.05) is 18.2 Å². The fraction of sp³-hybridized carbons (Fsp3) is 0.278. The summed E-state index contributed by atoms with van der Waals surface area (Å²) in [6.07, 6.45) is -1.29. The number of anilines is 2. The summed E-state index contributed by atoms with van der Waals surface area (Å²) < 4.78 is 5.86. The lowest BCUT2D eigenvalue weighted by atomic mass is 10.0. The molecule has 0 bridgehead atoms. The maximum absolute atomic E-state index is 12.8. The summed E-state index contributed by atoms with van der Waals surface area (Å²) in [6.45, 7) is -0.386. The van der Waals surface area contributed by atoms with Gasteiger partial charge in [-0.25, -0.2) is 0 Å². The predicted molar refractivity (Wildman–Crippen MR) is 90.9 cm³/mol. The van der Waals surface area contributed by atoms with Gasteiger partial charge in [0.1, 0.15) is 5.75 Å². The average molecular weight is 328 g/mol. The van der Waals surface area contributed by atoms with Crippen molar-refractivity contribution in [2.75, 3.05) is 23.8 Å². The van der Waals surface area contributed by atoms with Crippen LogP contribution in [-0.2, 0) is 11.2 Å². The van der Waals surface area contributed by atoms with Crippen LogP contribution in [0.2, 0.25) is 0 Å². The molecule has 0 saturated carbocycles. The third kappa shape index (κ3) is 3.34. The molecule has 6 nitrogen and oxygen atoms in total. The molecule has 0 aromatic heterocycles. The third-order valence-electron chi connectivity index (χ3n) is 3.97. The van der Waals surface area contributed by atoms with E-state index in [1.54, 1.807) is 30.3 Å². The number of fused-ring (bicyclic) bond motifs is 1. The van der Waals surface area contributed by atoms with Crippen molar-refractivity contribution >= 4 is 17.3 Å². The van der Waals surface area contributed by atoms with Crippen molar-refractivity contribution in [1.82, 2.24) is 0 Å². The maximum atomic E-state index is 12.8. The molecular weight excluding hydrogens is 308 g/mol. The van der Waals surface area contributed by atoms with Gasteiger partial charge in [0, 0.05) is 12.1 Å². The number of aliphatic hydroxyl groups excluding tert-OH is 2. The van der Waals surface area contributed by atoms with Gasteiger partial charge in [-0.15, -0.1) is 0 Å². The van der Waals surface area contributed by atoms with Crippen LogP contribution in [0.4, 0.5) is 11.4 Å². The molecule has 1 aliphatic heterocycles. The van der Waals surface area contributed by atoms with Gasteiger partial charge in [0.25, 0.3) is 5.91 Å². The Morgan fingerprint density at radius 2 is 1.88 bits per heavy atom. The number of hydrogen-bond acceptors (Lipinski definition) is 5. The smallest absolute Gasteiger partial charge is 0.268 e. The van der Waals surface area contributed by atoms with Crippen LogP contribution in [0.25, 0.3) is 0 Å². The normalized spacial score (nSPS) is 18.0. The van der Waals surface area contributed by atoms with E-state index >= 15 is 0 Å². The summed E-state index contributed by atoms with van der Waals surface area (Å²) in [5.41, 5.74) is 7.88. The van der Waals surface area contributed by atoms with E-state index in [4.69, 9.17) is 15.6 Å². The zero-order chi connectivity index (χ0) is 17.1. The highest BCUT2D eigenvalue weighted by molar-refractivity contribution is 6.00. The summed E-state index contributed by atoms with van der Waals surface area (Å²) in [4.78, 5) is 14.3. The molecule has 1 aliphatic rings. The number of aliphatic hydroxyl groups is 2. The Morgan fingerprint density at radius 1 is 1.17 bits per heavy atom. The van der Waals surface area contributed by atoms with Gasteiger partial charge in [0.15, 0.2) is 6.10 Å². The summed E-state index contributed by atoms with van der Waals surface area (Å²) in [7, 11) is 0. The fourth-order valence-electron chi connectivity index (χ4n) is 2.73. The first-order valence-electron chi connectivity index (χ1n) is 7.79. The molecule has 0 spiro atoms. The number of β-amino-alcohol motifs (C(OH)–C–C–N with tert-alkyl or cyclic N) is 1. The first-order chi connectivity index (χ1) is 11.6. The Labute approximate surface area is 140 Å². The van der Waals surface area contributed by atoms with E-state index in [2.05, 4.69) is 0 Å². The van der Waals surface area contributed by atoms with Gasteiger partial charge >= 0.3 is 0 Å². The largest absolute Gasteiger partial charge is 0.478 e. The van der Waals surface area contributed by atoms with Crippen molar-refractivity contribution in [2.45, 2.75) is 18.6 Å². The molecule has 0 aliphatic carbocycles. The number of ether oxygens (including phenoxy) is 1. The number of benzene rings is 2. The summed E-state index contributed by atoms with van der Waals surface area (Å²) in [5, 5.41) is 18.9.